The third-order valence-electron chi connectivity index (χ3n) is 6.83. The zero-order valence-electron chi connectivity index (χ0n) is 22.7. The first-order chi connectivity index (χ1) is 17.9. The van der Waals surface area contributed by atoms with Crippen molar-refractivity contribution in [3.63, 3.8) is 0 Å². The van der Waals surface area contributed by atoms with Crippen molar-refractivity contribution >= 4 is 35.0 Å². The van der Waals surface area contributed by atoms with E-state index in [0.717, 1.165) is 21.7 Å². The first kappa shape index (κ1) is 29.3. The molecule has 1 fully saturated rings. The molecule has 3 amide bonds. The molecule has 1 saturated heterocycles. The summed E-state index contributed by atoms with van der Waals surface area (Å²) in [5, 5.41) is 14.7. The molecule has 1 aliphatic rings. The first-order valence-electron chi connectivity index (χ1n) is 13.0. The highest BCUT2D eigenvalue weighted by Gasteiger charge is 2.42. The predicted molar refractivity (Wildman–Crippen MR) is 146 cm³/mol. The second-order valence-electron chi connectivity index (χ2n) is 10.9. The van der Waals surface area contributed by atoms with Crippen molar-refractivity contribution in [1.29, 1.82) is 0 Å². The number of aromatic nitrogens is 1. The Labute approximate surface area is 228 Å². The van der Waals surface area contributed by atoms with Gasteiger partial charge in [0.1, 0.15) is 12.1 Å². The number of carbonyl (C=O) groups is 4. The van der Waals surface area contributed by atoms with Gasteiger partial charge in [0, 0.05) is 19.4 Å². The summed E-state index contributed by atoms with van der Waals surface area (Å²) in [5.74, 6) is -1.84. The number of aliphatic carboxylic acids is 1. The zero-order chi connectivity index (χ0) is 28.0. The van der Waals surface area contributed by atoms with E-state index in [9.17, 15) is 19.2 Å². The average Bonchev–Trinajstić information content (AvgIpc) is 3.50. The van der Waals surface area contributed by atoms with Crippen molar-refractivity contribution in [3.05, 3.63) is 41.0 Å². The van der Waals surface area contributed by atoms with Crippen LogP contribution in [0.15, 0.2) is 29.8 Å². The lowest BCUT2D eigenvalue weighted by Crippen LogP contribution is -2.57. The van der Waals surface area contributed by atoms with E-state index in [1.165, 1.54) is 0 Å². The fourth-order valence-corrected chi connectivity index (χ4v) is 5.46. The molecule has 1 aromatic carbocycles. The minimum Gasteiger partial charge on any atom is -0.481 e. The lowest BCUT2D eigenvalue weighted by Gasteiger charge is -2.35. The van der Waals surface area contributed by atoms with Gasteiger partial charge in [-0.05, 0) is 49.7 Å². The lowest BCUT2D eigenvalue weighted by molar-refractivity contribution is -0.144. The number of amides is 3. The molecule has 10 heteroatoms. The molecule has 0 radical (unpaired) electrons. The maximum Gasteiger partial charge on any atom is 0.303 e. The van der Waals surface area contributed by atoms with E-state index in [2.05, 4.69) is 15.6 Å². The van der Waals surface area contributed by atoms with E-state index in [1.54, 1.807) is 16.2 Å². The van der Waals surface area contributed by atoms with Gasteiger partial charge in [-0.1, -0.05) is 45.0 Å². The maximum atomic E-state index is 13.6. The molecule has 2 aromatic rings. The minimum atomic E-state index is -0.966. The molecular formula is C28H38N4O5S. The Morgan fingerprint density at radius 3 is 2.39 bits per heavy atom. The van der Waals surface area contributed by atoms with Crippen LogP contribution in [0.1, 0.15) is 77.1 Å². The van der Waals surface area contributed by atoms with Crippen molar-refractivity contribution in [3.8, 4) is 10.4 Å². The van der Waals surface area contributed by atoms with Gasteiger partial charge in [0.2, 0.25) is 17.7 Å². The van der Waals surface area contributed by atoms with E-state index < -0.39 is 23.5 Å². The standard InChI is InChI=1S/C28H38N4O5S/c1-17(19-11-13-20(14-12-19)24-18(2)29-16-38-24)30-26(36)21-8-7-15-32(21)27(37)25(28(3,4)5)31-22(33)9-6-10-23(34)35/h11-14,16-17,21,25H,6-10,15H2,1-5H3,(H,30,36)(H,31,33)(H,34,35). The van der Waals surface area contributed by atoms with Crippen molar-refractivity contribution < 1.29 is 24.3 Å². The Morgan fingerprint density at radius 2 is 1.82 bits per heavy atom. The first-order valence-corrected chi connectivity index (χ1v) is 13.9. The highest BCUT2D eigenvalue weighted by atomic mass is 32.1. The van der Waals surface area contributed by atoms with Gasteiger partial charge in [0.05, 0.1) is 22.1 Å². The van der Waals surface area contributed by atoms with E-state index in [-0.39, 0.29) is 43.0 Å². The number of nitrogens with one attached hydrogen (secondary N) is 2. The van der Waals surface area contributed by atoms with Crippen LogP contribution in [0, 0.1) is 12.3 Å². The van der Waals surface area contributed by atoms with Crippen LogP contribution in [0.2, 0.25) is 0 Å². The monoisotopic (exact) mass is 542 g/mol. The Morgan fingerprint density at radius 1 is 1.13 bits per heavy atom. The van der Waals surface area contributed by atoms with Crippen LogP contribution in [0.25, 0.3) is 10.4 Å². The molecule has 2 heterocycles. The molecule has 3 rings (SSSR count). The van der Waals surface area contributed by atoms with Crippen LogP contribution in [0.5, 0.6) is 0 Å². The van der Waals surface area contributed by atoms with Crippen molar-refractivity contribution in [2.75, 3.05) is 6.54 Å². The van der Waals surface area contributed by atoms with Crippen LogP contribution >= 0.6 is 11.3 Å². The van der Waals surface area contributed by atoms with Crippen LogP contribution in [-0.2, 0) is 19.2 Å². The third kappa shape index (κ3) is 7.40. The normalized spacial score (nSPS) is 17.1. The van der Waals surface area contributed by atoms with Crippen molar-refractivity contribution in [2.24, 2.45) is 5.41 Å². The van der Waals surface area contributed by atoms with Crippen molar-refractivity contribution in [1.82, 2.24) is 20.5 Å². The molecule has 0 saturated carbocycles. The molecule has 3 unspecified atom stereocenters. The topological polar surface area (TPSA) is 129 Å². The van der Waals surface area contributed by atoms with E-state index in [4.69, 9.17) is 5.11 Å². The average molecular weight is 543 g/mol. The summed E-state index contributed by atoms with van der Waals surface area (Å²) in [6, 6.07) is 6.35. The van der Waals surface area contributed by atoms with Gasteiger partial charge in [-0.3, -0.25) is 19.2 Å². The number of likely N-dealkylation sites (tertiary alicyclic amines) is 1. The van der Waals surface area contributed by atoms with Gasteiger partial charge in [0.25, 0.3) is 0 Å². The third-order valence-corrected chi connectivity index (χ3v) is 7.81. The number of hydrogen-bond donors (Lipinski definition) is 3. The Hall–Kier alpha value is -3.27. The zero-order valence-corrected chi connectivity index (χ0v) is 23.6. The second-order valence-corrected chi connectivity index (χ2v) is 11.8. The predicted octanol–water partition coefficient (Wildman–Crippen LogP) is 4.07. The summed E-state index contributed by atoms with van der Waals surface area (Å²) in [6.07, 6.45) is 1.36. The van der Waals surface area contributed by atoms with E-state index in [1.807, 2.05) is 64.4 Å². The van der Waals surface area contributed by atoms with Gasteiger partial charge in [0.15, 0.2) is 0 Å². The van der Waals surface area contributed by atoms with Crippen LogP contribution in [-0.4, -0.2) is 57.3 Å². The van der Waals surface area contributed by atoms with Gasteiger partial charge in [-0.25, -0.2) is 4.98 Å². The Balaban J connectivity index is 1.65. The Bertz CT molecular complexity index is 1150. The summed E-state index contributed by atoms with van der Waals surface area (Å²) in [5.41, 5.74) is 4.26. The SMILES string of the molecule is Cc1ncsc1-c1ccc(C(C)NC(=O)C2CCCN2C(=O)C(NC(=O)CCCC(=O)O)C(C)(C)C)cc1. The van der Waals surface area contributed by atoms with Crippen molar-refractivity contribution in [2.45, 2.75) is 84.8 Å². The Kier molecular flexibility index (Phi) is 9.65. The summed E-state index contributed by atoms with van der Waals surface area (Å²) in [7, 11) is 0. The largest absolute Gasteiger partial charge is 0.481 e. The van der Waals surface area contributed by atoms with E-state index >= 15 is 0 Å². The molecule has 38 heavy (non-hydrogen) atoms. The van der Waals surface area contributed by atoms with Gasteiger partial charge >= 0.3 is 5.97 Å². The highest BCUT2D eigenvalue weighted by Crippen LogP contribution is 2.29. The number of aryl methyl sites for hydroxylation is 1. The molecule has 206 valence electrons. The summed E-state index contributed by atoms with van der Waals surface area (Å²) < 4.78 is 0. The number of benzene rings is 1. The number of hydrogen-bond acceptors (Lipinski definition) is 6. The molecule has 0 bridgehead atoms. The molecule has 0 aliphatic carbocycles. The molecule has 3 atom stereocenters. The van der Waals surface area contributed by atoms with Crippen LogP contribution < -0.4 is 10.6 Å². The fourth-order valence-electron chi connectivity index (χ4n) is 4.65. The maximum absolute atomic E-state index is 13.6. The van der Waals surface area contributed by atoms with Gasteiger partial charge in [-0.15, -0.1) is 11.3 Å². The summed E-state index contributed by atoms with van der Waals surface area (Å²) in [6.45, 7) is 9.91. The van der Waals surface area contributed by atoms with E-state index in [0.29, 0.717) is 19.4 Å². The quantitative estimate of drug-likeness (QED) is 0.415. The fraction of sp³-hybridized carbons (Fsp3) is 0.536. The number of carboxylic acids is 1. The van der Waals surface area contributed by atoms with Crippen LogP contribution in [0.4, 0.5) is 0 Å². The lowest BCUT2D eigenvalue weighted by atomic mass is 9.85. The summed E-state index contributed by atoms with van der Waals surface area (Å²) in [4.78, 5) is 57.1. The van der Waals surface area contributed by atoms with Crippen LogP contribution in [0.3, 0.4) is 0 Å². The minimum absolute atomic E-state index is 0.0228. The number of carbonyl (C=O) groups excluding carboxylic acids is 3. The molecule has 0 spiro atoms. The van der Waals surface area contributed by atoms with Gasteiger partial charge in [-0.2, -0.15) is 0 Å². The number of nitrogens with zero attached hydrogens (tertiary/aromatic N) is 2. The smallest absolute Gasteiger partial charge is 0.303 e. The van der Waals surface area contributed by atoms with Gasteiger partial charge < -0.3 is 20.6 Å². The number of carboxylic acid groups (broad SMARTS) is 1. The molecule has 3 N–H and O–H groups in total. The molecule has 1 aliphatic heterocycles. The molecule has 1 aromatic heterocycles. The molecule has 9 nitrogen and oxygen atoms in total. The molecular weight excluding hydrogens is 504 g/mol. The number of rotatable bonds is 10. The number of thiazole rings is 1. The summed E-state index contributed by atoms with van der Waals surface area (Å²) >= 11 is 1.59. The highest BCUT2D eigenvalue weighted by molar-refractivity contribution is 7.13. The second kappa shape index (κ2) is 12.5.